The third kappa shape index (κ3) is 4.51. The fourth-order valence-electron chi connectivity index (χ4n) is 3.43. The summed E-state index contributed by atoms with van der Waals surface area (Å²) in [6.45, 7) is 0.341. The van der Waals surface area contributed by atoms with Crippen LogP contribution in [-0.4, -0.2) is 32.7 Å². The number of anilines is 2. The number of nitrogens with two attached hydrogens (primary N) is 1. The number of hydrogen-bond donors (Lipinski definition) is 3. The number of primary amides is 1. The minimum absolute atomic E-state index is 0.187. The molecule has 4 rings (SSSR count). The van der Waals surface area contributed by atoms with Gasteiger partial charge in [-0.2, -0.15) is 5.10 Å². The maximum atomic E-state index is 13.1. The van der Waals surface area contributed by atoms with Crippen LogP contribution in [0.25, 0.3) is 0 Å². The number of aromatic nitrogens is 4. The molecule has 0 saturated carbocycles. The molecule has 0 radical (unpaired) electrons. The maximum Gasteiger partial charge on any atom is 0.254 e. The minimum atomic E-state index is -0.950. The summed E-state index contributed by atoms with van der Waals surface area (Å²) in [5, 5.41) is 10.1. The first-order valence-electron chi connectivity index (χ1n) is 9.72. The number of amides is 1. The van der Waals surface area contributed by atoms with Crippen molar-refractivity contribution in [2.45, 2.75) is 18.4 Å². The van der Waals surface area contributed by atoms with Crippen molar-refractivity contribution in [1.29, 1.82) is 0 Å². The lowest BCUT2D eigenvalue weighted by atomic mass is 9.88. The van der Waals surface area contributed by atoms with Crippen molar-refractivity contribution in [2.24, 2.45) is 5.73 Å². The van der Waals surface area contributed by atoms with Gasteiger partial charge in [-0.05, 0) is 30.2 Å². The Bertz CT molecular complexity index is 1110. The van der Waals surface area contributed by atoms with Gasteiger partial charge in [0.15, 0.2) is 5.82 Å². The number of ether oxygens (including phenoxy) is 1. The molecule has 2 heterocycles. The van der Waals surface area contributed by atoms with Crippen LogP contribution in [-0.2, 0) is 16.8 Å². The second-order valence-electron chi connectivity index (χ2n) is 7.01. The topological polar surface area (TPSA) is 119 Å². The van der Waals surface area contributed by atoms with E-state index in [2.05, 4.69) is 25.5 Å². The van der Waals surface area contributed by atoms with E-state index in [1.54, 1.807) is 18.3 Å². The number of H-pyrrole nitrogens is 1. The van der Waals surface area contributed by atoms with Gasteiger partial charge in [0.25, 0.3) is 5.91 Å². The summed E-state index contributed by atoms with van der Waals surface area (Å²) in [6.07, 6.45) is 13.2. The summed E-state index contributed by atoms with van der Waals surface area (Å²) < 4.78 is 19.4. The van der Waals surface area contributed by atoms with Crippen LogP contribution in [0.2, 0.25) is 0 Å². The third-order valence-corrected chi connectivity index (χ3v) is 4.94. The smallest absolute Gasteiger partial charge is 0.254 e. The number of nitrogens with one attached hydrogen (secondary N) is 2. The first kappa shape index (κ1) is 20.4. The zero-order chi connectivity index (χ0) is 21.7. The molecule has 158 valence electrons. The monoisotopic (exact) mass is 420 g/mol. The molecule has 1 aliphatic rings. The highest BCUT2D eigenvalue weighted by Gasteiger charge is 2.37. The molecule has 1 aromatic carbocycles. The largest absolute Gasteiger partial charge is 0.365 e. The van der Waals surface area contributed by atoms with Crippen molar-refractivity contribution >= 4 is 17.5 Å². The van der Waals surface area contributed by atoms with Crippen LogP contribution < -0.4 is 11.1 Å². The molecule has 8 nitrogen and oxygen atoms in total. The van der Waals surface area contributed by atoms with Crippen molar-refractivity contribution in [3.8, 4) is 0 Å². The van der Waals surface area contributed by atoms with Crippen molar-refractivity contribution in [3.63, 3.8) is 0 Å². The summed E-state index contributed by atoms with van der Waals surface area (Å²) in [5.74, 6) is -0.270. The van der Waals surface area contributed by atoms with Crippen LogP contribution in [0.4, 0.5) is 16.0 Å². The van der Waals surface area contributed by atoms with E-state index in [4.69, 9.17) is 10.5 Å². The number of aromatic amines is 1. The van der Waals surface area contributed by atoms with E-state index < -0.39 is 11.5 Å². The number of benzene rings is 1. The predicted molar refractivity (Wildman–Crippen MR) is 113 cm³/mol. The molecule has 1 aliphatic carbocycles. The number of halogens is 1. The molecule has 4 N–H and O–H groups in total. The molecule has 0 saturated heterocycles. The van der Waals surface area contributed by atoms with Gasteiger partial charge in [-0.15, -0.1) is 0 Å². The van der Waals surface area contributed by atoms with Gasteiger partial charge in [-0.3, -0.25) is 14.9 Å². The number of allylic oxidation sites excluding steroid dienone is 2. The van der Waals surface area contributed by atoms with Crippen molar-refractivity contribution in [1.82, 2.24) is 20.2 Å². The molecule has 1 amide bonds. The van der Waals surface area contributed by atoms with Gasteiger partial charge in [0, 0.05) is 18.8 Å². The Morgan fingerprint density at radius 3 is 2.77 bits per heavy atom. The highest BCUT2D eigenvalue weighted by atomic mass is 19.1. The van der Waals surface area contributed by atoms with Gasteiger partial charge in [-0.1, -0.05) is 30.4 Å². The number of carbonyl (C=O) groups excluding carboxylic acids is 1. The molecule has 1 atom stereocenters. The first-order chi connectivity index (χ1) is 15.1. The molecule has 0 fully saturated rings. The Hall–Kier alpha value is -3.85. The maximum absolute atomic E-state index is 13.1. The average Bonchev–Trinajstić information content (AvgIpc) is 3.21. The second kappa shape index (κ2) is 8.88. The first-order valence-corrected chi connectivity index (χ1v) is 9.72. The van der Waals surface area contributed by atoms with Crippen LogP contribution in [0, 0.1) is 5.82 Å². The standard InChI is InChI=1S/C22H21FN6O2/c23-16-6-4-15(5-7-16)8-13-31-22(9-2-1-3-10-22)19-18(20(24)30)21(29-28-19)27-17-14-25-11-12-26-17/h1-7,9,11-12,14H,8,10,13H2,(H2,24,30)(H2,26,27,28,29). The summed E-state index contributed by atoms with van der Waals surface area (Å²) >= 11 is 0. The Kier molecular flexibility index (Phi) is 5.85. The Morgan fingerprint density at radius 1 is 1.26 bits per heavy atom. The molecule has 3 aromatic rings. The normalized spacial score (nSPS) is 17.6. The van der Waals surface area contributed by atoms with E-state index in [0.29, 0.717) is 31.0 Å². The van der Waals surface area contributed by atoms with E-state index in [1.807, 2.05) is 24.3 Å². The van der Waals surface area contributed by atoms with Crippen molar-refractivity contribution in [3.05, 3.63) is 89.8 Å². The Balaban J connectivity index is 1.61. The quantitative estimate of drug-likeness (QED) is 0.515. The van der Waals surface area contributed by atoms with Gasteiger partial charge in [-0.25, -0.2) is 9.37 Å². The van der Waals surface area contributed by atoms with Crippen LogP contribution >= 0.6 is 0 Å². The average molecular weight is 420 g/mol. The molecular weight excluding hydrogens is 399 g/mol. The number of nitrogens with zero attached hydrogens (tertiary/aromatic N) is 3. The zero-order valence-electron chi connectivity index (χ0n) is 16.6. The molecule has 9 heteroatoms. The fraction of sp³-hybridized carbons (Fsp3) is 0.182. The van der Waals surface area contributed by atoms with Gasteiger partial charge in [0.1, 0.15) is 22.8 Å². The van der Waals surface area contributed by atoms with Crippen LogP contribution in [0.15, 0.2) is 67.2 Å². The molecule has 31 heavy (non-hydrogen) atoms. The molecule has 2 aromatic heterocycles. The van der Waals surface area contributed by atoms with Crippen molar-refractivity contribution in [2.75, 3.05) is 11.9 Å². The van der Waals surface area contributed by atoms with E-state index >= 15 is 0 Å². The lowest BCUT2D eigenvalue weighted by Gasteiger charge is -2.31. The van der Waals surface area contributed by atoms with E-state index in [0.717, 1.165) is 5.56 Å². The molecule has 1 unspecified atom stereocenters. The highest BCUT2D eigenvalue weighted by molar-refractivity contribution is 5.99. The number of carbonyl (C=O) groups is 1. The Labute approximate surface area is 178 Å². The second-order valence-corrected chi connectivity index (χ2v) is 7.01. The Morgan fingerprint density at radius 2 is 2.10 bits per heavy atom. The third-order valence-electron chi connectivity index (χ3n) is 4.94. The zero-order valence-corrected chi connectivity index (χ0v) is 16.6. The predicted octanol–water partition coefficient (Wildman–Crippen LogP) is 3.15. The summed E-state index contributed by atoms with van der Waals surface area (Å²) in [5.41, 5.74) is 6.33. The van der Waals surface area contributed by atoms with Gasteiger partial charge < -0.3 is 15.8 Å². The summed E-state index contributed by atoms with van der Waals surface area (Å²) in [6, 6.07) is 6.27. The lowest BCUT2D eigenvalue weighted by molar-refractivity contribution is -0.0131. The van der Waals surface area contributed by atoms with E-state index in [-0.39, 0.29) is 17.2 Å². The lowest BCUT2D eigenvalue weighted by Crippen LogP contribution is -2.32. The SMILES string of the molecule is NC(=O)c1c(Nc2cnccn2)n[nH]c1C1(OCCc2ccc(F)cc2)C=CC=CC1. The summed E-state index contributed by atoms with van der Waals surface area (Å²) in [4.78, 5) is 20.5. The van der Waals surface area contributed by atoms with Gasteiger partial charge in [0.05, 0.1) is 18.5 Å². The van der Waals surface area contributed by atoms with Crippen LogP contribution in [0.3, 0.4) is 0 Å². The number of hydrogen-bond acceptors (Lipinski definition) is 6. The van der Waals surface area contributed by atoms with E-state index in [9.17, 15) is 9.18 Å². The van der Waals surface area contributed by atoms with Gasteiger partial charge in [0.2, 0.25) is 0 Å². The number of rotatable bonds is 8. The van der Waals surface area contributed by atoms with Crippen LogP contribution in [0.5, 0.6) is 0 Å². The minimum Gasteiger partial charge on any atom is -0.365 e. The van der Waals surface area contributed by atoms with Crippen molar-refractivity contribution < 1.29 is 13.9 Å². The fourth-order valence-corrected chi connectivity index (χ4v) is 3.43. The van der Waals surface area contributed by atoms with E-state index in [1.165, 1.54) is 24.5 Å². The molecular formula is C22H21FN6O2. The van der Waals surface area contributed by atoms with Crippen LogP contribution in [0.1, 0.15) is 28.0 Å². The highest BCUT2D eigenvalue weighted by Crippen LogP contribution is 2.37. The summed E-state index contributed by atoms with van der Waals surface area (Å²) in [7, 11) is 0. The molecule has 0 aliphatic heterocycles. The molecule has 0 bridgehead atoms. The van der Waals surface area contributed by atoms with Gasteiger partial charge >= 0.3 is 0 Å². The molecule has 0 spiro atoms.